The molecule has 0 atom stereocenters. The molecule has 3 N–H and O–H groups in total. The van der Waals surface area contributed by atoms with E-state index < -0.39 is 6.29 Å². The highest BCUT2D eigenvalue weighted by Gasteiger charge is 2.25. The van der Waals surface area contributed by atoms with Crippen molar-refractivity contribution in [1.82, 2.24) is 9.97 Å². The van der Waals surface area contributed by atoms with Crippen LogP contribution in [0, 0.1) is 0 Å². The number of hydrogen-bond acceptors (Lipinski definition) is 5. The Kier molecular flexibility index (Phi) is 4.46. The maximum atomic E-state index is 9.88. The number of hydrogen-bond donors (Lipinski definition) is 3. The second kappa shape index (κ2) is 7.28. The van der Waals surface area contributed by atoms with Crippen molar-refractivity contribution in [1.29, 1.82) is 0 Å². The molecule has 1 saturated carbocycles. The van der Waals surface area contributed by atoms with Crippen LogP contribution in [0.25, 0.3) is 22.0 Å². The maximum Gasteiger partial charge on any atom is 0.182 e. The van der Waals surface area contributed by atoms with E-state index in [2.05, 4.69) is 27.4 Å². The van der Waals surface area contributed by atoms with Crippen molar-refractivity contribution in [2.75, 3.05) is 5.32 Å². The monoisotopic (exact) mass is 383 g/mol. The summed E-state index contributed by atoms with van der Waals surface area (Å²) in [4.78, 5) is 9.06. The van der Waals surface area contributed by atoms with E-state index >= 15 is 0 Å². The second-order valence-electron chi connectivity index (χ2n) is 7.41. The summed E-state index contributed by atoms with van der Waals surface area (Å²) in [5, 5.41) is 24.0. The van der Waals surface area contributed by atoms with Crippen molar-refractivity contribution >= 4 is 22.4 Å². The summed E-state index contributed by atoms with van der Waals surface area (Å²) in [6.07, 6.45) is 4.28. The smallest absolute Gasteiger partial charge is 0.182 e. The van der Waals surface area contributed by atoms with Crippen molar-refractivity contribution in [3.8, 4) is 11.1 Å². The van der Waals surface area contributed by atoms with E-state index in [0.717, 1.165) is 46.1 Å². The van der Waals surface area contributed by atoms with Crippen molar-refractivity contribution < 1.29 is 10.2 Å². The van der Waals surface area contributed by atoms with Crippen LogP contribution < -0.4 is 5.32 Å². The van der Waals surface area contributed by atoms with Crippen LogP contribution >= 0.6 is 0 Å². The predicted octanol–water partition coefficient (Wildman–Crippen LogP) is 4.90. The lowest BCUT2D eigenvalue weighted by atomic mass is 10.0. The number of anilines is 2. The van der Waals surface area contributed by atoms with Crippen molar-refractivity contribution in [2.45, 2.75) is 25.0 Å². The number of aromatic nitrogens is 2. The van der Waals surface area contributed by atoms with Gasteiger partial charge in [0.05, 0.1) is 16.8 Å². The average molecular weight is 383 g/mol. The molecule has 0 bridgehead atoms. The van der Waals surface area contributed by atoms with Gasteiger partial charge < -0.3 is 15.5 Å². The SMILES string of the molecule is OC(O)c1cc(C2CC2)cnc1Nc1cccc2c(-c3ccccc3)ccnc12. The van der Waals surface area contributed by atoms with Crippen LogP contribution in [0.5, 0.6) is 0 Å². The lowest BCUT2D eigenvalue weighted by Crippen LogP contribution is -2.05. The summed E-state index contributed by atoms with van der Waals surface area (Å²) in [6, 6.07) is 20.0. The quantitative estimate of drug-likeness (QED) is 0.427. The minimum absolute atomic E-state index is 0.380. The molecule has 29 heavy (non-hydrogen) atoms. The predicted molar refractivity (Wildman–Crippen MR) is 114 cm³/mol. The molecule has 0 amide bonds. The number of fused-ring (bicyclic) bond motifs is 1. The second-order valence-corrected chi connectivity index (χ2v) is 7.41. The number of nitrogens with zero attached hydrogens (tertiary/aromatic N) is 2. The number of pyridine rings is 2. The number of aliphatic hydroxyl groups is 2. The highest BCUT2D eigenvalue weighted by molar-refractivity contribution is 6.01. The Balaban J connectivity index is 1.58. The van der Waals surface area contributed by atoms with Gasteiger partial charge in [-0.15, -0.1) is 0 Å². The lowest BCUT2D eigenvalue weighted by molar-refractivity contribution is -0.0421. The molecule has 1 aliphatic rings. The molecule has 144 valence electrons. The van der Waals surface area contributed by atoms with Gasteiger partial charge in [0.25, 0.3) is 0 Å². The summed E-state index contributed by atoms with van der Waals surface area (Å²) >= 11 is 0. The average Bonchev–Trinajstić information content (AvgIpc) is 3.60. The van der Waals surface area contributed by atoms with Crippen LogP contribution in [0.4, 0.5) is 11.5 Å². The molecule has 1 aliphatic carbocycles. The fourth-order valence-electron chi connectivity index (χ4n) is 3.71. The third-order valence-corrected chi connectivity index (χ3v) is 5.37. The number of para-hydroxylation sites is 1. The van der Waals surface area contributed by atoms with Crippen molar-refractivity contribution in [2.24, 2.45) is 0 Å². The van der Waals surface area contributed by atoms with E-state index in [1.165, 1.54) is 0 Å². The molecule has 0 aliphatic heterocycles. The normalized spacial score (nSPS) is 13.8. The standard InChI is InChI=1S/C24H21N3O2/c28-24(29)20-13-17(15-9-10-15)14-26-23(20)27-21-8-4-7-19-18(11-12-25-22(19)21)16-5-2-1-3-6-16/h1-8,11-15,24,28-29H,9-10H2,(H,26,27). The third kappa shape index (κ3) is 3.46. The molecule has 2 aromatic carbocycles. The maximum absolute atomic E-state index is 9.88. The van der Waals surface area contributed by atoms with Gasteiger partial charge >= 0.3 is 0 Å². The first-order chi connectivity index (χ1) is 14.2. The van der Waals surface area contributed by atoms with Crippen LogP contribution in [-0.4, -0.2) is 20.2 Å². The van der Waals surface area contributed by atoms with Crippen molar-refractivity contribution in [3.63, 3.8) is 0 Å². The Morgan fingerprint density at radius 3 is 2.52 bits per heavy atom. The zero-order valence-corrected chi connectivity index (χ0v) is 15.8. The van der Waals surface area contributed by atoms with Gasteiger partial charge in [-0.05, 0) is 53.6 Å². The molecule has 2 aromatic heterocycles. The number of aliphatic hydroxyl groups excluding tert-OH is 1. The van der Waals surface area contributed by atoms with Crippen LogP contribution in [-0.2, 0) is 0 Å². The summed E-state index contributed by atoms with van der Waals surface area (Å²) in [5.41, 5.74) is 5.23. The highest BCUT2D eigenvalue weighted by Crippen LogP contribution is 2.41. The van der Waals surface area contributed by atoms with E-state index in [-0.39, 0.29) is 0 Å². The first kappa shape index (κ1) is 17.8. The van der Waals surface area contributed by atoms with Gasteiger partial charge in [-0.3, -0.25) is 4.98 Å². The molecule has 4 aromatic rings. The molecule has 5 nitrogen and oxygen atoms in total. The van der Waals surface area contributed by atoms with Crippen LogP contribution in [0.3, 0.4) is 0 Å². The van der Waals surface area contributed by atoms with Gasteiger partial charge in [0.15, 0.2) is 6.29 Å². The molecular weight excluding hydrogens is 362 g/mol. The Hall–Kier alpha value is -3.28. The Morgan fingerprint density at radius 2 is 1.76 bits per heavy atom. The number of benzene rings is 2. The molecule has 0 unspecified atom stereocenters. The minimum atomic E-state index is -1.59. The van der Waals surface area contributed by atoms with E-state index in [1.807, 2.05) is 54.7 Å². The first-order valence-corrected chi connectivity index (χ1v) is 9.77. The lowest BCUT2D eigenvalue weighted by Gasteiger charge is -2.16. The summed E-state index contributed by atoms with van der Waals surface area (Å²) in [6.45, 7) is 0. The zero-order chi connectivity index (χ0) is 19.8. The van der Waals surface area contributed by atoms with Crippen LogP contribution in [0.1, 0.15) is 36.2 Å². The van der Waals surface area contributed by atoms with Gasteiger partial charge in [0, 0.05) is 17.8 Å². The molecule has 5 heteroatoms. The summed E-state index contributed by atoms with van der Waals surface area (Å²) < 4.78 is 0. The van der Waals surface area contributed by atoms with Gasteiger partial charge in [0.1, 0.15) is 5.82 Å². The van der Waals surface area contributed by atoms with E-state index in [1.54, 1.807) is 6.20 Å². The van der Waals surface area contributed by atoms with E-state index in [0.29, 0.717) is 17.3 Å². The molecule has 2 heterocycles. The molecule has 1 fully saturated rings. The molecule has 0 radical (unpaired) electrons. The zero-order valence-electron chi connectivity index (χ0n) is 15.8. The fraction of sp³-hybridized carbons (Fsp3) is 0.167. The van der Waals surface area contributed by atoms with Gasteiger partial charge in [-0.1, -0.05) is 42.5 Å². The van der Waals surface area contributed by atoms with Gasteiger partial charge in [0.2, 0.25) is 0 Å². The Labute approximate surface area is 168 Å². The number of nitrogens with one attached hydrogen (secondary N) is 1. The number of rotatable bonds is 5. The minimum Gasteiger partial charge on any atom is -0.364 e. The van der Waals surface area contributed by atoms with Crippen molar-refractivity contribution in [3.05, 3.63) is 84.2 Å². The van der Waals surface area contributed by atoms with Crippen LogP contribution in [0.2, 0.25) is 0 Å². The topological polar surface area (TPSA) is 78.3 Å². The fourth-order valence-corrected chi connectivity index (χ4v) is 3.71. The summed E-state index contributed by atoms with van der Waals surface area (Å²) in [7, 11) is 0. The molecule has 0 spiro atoms. The third-order valence-electron chi connectivity index (χ3n) is 5.37. The van der Waals surface area contributed by atoms with E-state index in [9.17, 15) is 10.2 Å². The largest absolute Gasteiger partial charge is 0.364 e. The molecule has 0 saturated heterocycles. The Morgan fingerprint density at radius 1 is 0.931 bits per heavy atom. The van der Waals surface area contributed by atoms with Gasteiger partial charge in [-0.2, -0.15) is 0 Å². The van der Waals surface area contributed by atoms with Gasteiger partial charge in [-0.25, -0.2) is 4.98 Å². The molecule has 5 rings (SSSR count). The first-order valence-electron chi connectivity index (χ1n) is 9.77. The summed E-state index contributed by atoms with van der Waals surface area (Å²) in [5.74, 6) is 0.922. The van der Waals surface area contributed by atoms with E-state index in [4.69, 9.17) is 0 Å². The van der Waals surface area contributed by atoms with Crippen LogP contribution in [0.15, 0.2) is 73.1 Å². The highest BCUT2D eigenvalue weighted by atomic mass is 16.5. The Bertz CT molecular complexity index is 1170. The molecular formula is C24H21N3O2.